The molecule has 0 saturated heterocycles. The van der Waals surface area contributed by atoms with E-state index in [4.69, 9.17) is 27.9 Å². The van der Waals surface area contributed by atoms with Gasteiger partial charge in [-0.3, -0.25) is 4.79 Å². The number of ether oxygens (including phenoxy) is 1. The van der Waals surface area contributed by atoms with Crippen LogP contribution < -0.4 is 0 Å². The van der Waals surface area contributed by atoms with Gasteiger partial charge in [0.2, 0.25) is 4.33 Å². The average Bonchev–Trinajstić information content (AvgIpc) is 2.33. The largest absolute Gasteiger partial charge is 0.466 e. The summed E-state index contributed by atoms with van der Waals surface area (Å²) in [5, 5.41) is 0. The van der Waals surface area contributed by atoms with E-state index in [1.807, 2.05) is 0 Å². The summed E-state index contributed by atoms with van der Waals surface area (Å²) in [5.41, 5.74) is -0.744. The molecule has 0 aliphatic carbocycles. The molecule has 0 radical (unpaired) electrons. The molecule has 0 N–H and O–H groups in total. The summed E-state index contributed by atoms with van der Waals surface area (Å²) in [7, 11) is 0. The normalized spacial score (nSPS) is 13.8. The molecule has 0 spiro atoms. The molecule has 0 bridgehead atoms. The van der Waals surface area contributed by atoms with E-state index in [2.05, 4.69) is 0 Å². The molecule has 20 heavy (non-hydrogen) atoms. The lowest BCUT2D eigenvalue weighted by Gasteiger charge is -2.28. The van der Waals surface area contributed by atoms with Crippen molar-refractivity contribution in [2.45, 2.75) is 50.5 Å². The van der Waals surface area contributed by atoms with Gasteiger partial charge in [-0.25, -0.2) is 0 Å². The maximum Gasteiger partial charge on any atom is 0.425 e. The fourth-order valence-corrected chi connectivity index (χ4v) is 1.80. The summed E-state index contributed by atoms with van der Waals surface area (Å²) < 4.78 is 39.7. The second-order valence-electron chi connectivity index (χ2n) is 4.51. The number of hydrogen-bond acceptors (Lipinski definition) is 2. The van der Waals surface area contributed by atoms with E-state index >= 15 is 0 Å². The Hall–Kier alpha value is -0.420. The molecule has 2 nitrogen and oxygen atoms in total. The highest BCUT2D eigenvalue weighted by Gasteiger charge is 2.51. The quantitative estimate of drug-likeness (QED) is 0.370. The second kappa shape index (κ2) is 7.55. The standard InChI is InChI=1S/C13H19Cl2F3O2/c1-4-11(5-2,9-10(19)20-6-3)7-8-12(14,15)13(16,17)18/h7-8H,4-6,9H2,1-3H3. The SMILES string of the molecule is CCOC(=O)CC(C=CC(Cl)(Cl)C(F)(F)F)(CC)CC. The van der Waals surface area contributed by atoms with Crippen molar-refractivity contribution in [3.63, 3.8) is 0 Å². The zero-order valence-electron chi connectivity index (χ0n) is 11.7. The molecule has 118 valence electrons. The molecule has 0 amide bonds. The van der Waals surface area contributed by atoms with E-state index in [0.29, 0.717) is 18.9 Å². The Morgan fingerprint density at radius 3 is 1.95 bits per heavy atom. The zero-order valence-corrected chi connectivity index (χ0v) is 13.2. The molecule has 7 heteroatoms. The third-order valence-corrected chi connectivity index (χ3v) is 3.91. The van der Waals surface area contributed by atoms with Crippen LogP contribution in [0, 0.1) is 5.41 Å². The first-order chi connectivity index (χ1) is 9.03. The molecular formula is C13H19Cl2F3O2. The second-order valence-corrected chi connectivity index (χ2v) is 5.89. The average molecular weight is 335 g/mol. The monoisotopic (exact) mass is 334 g/mol. The van der Waals surface area contributed by atoms with Crippen LogP contribution in [0.1, 0.15) is 40.0 Å². The molecule has 0 fully saturated rings. The van der Waals surface area contributed by atoms with Crippen molar-refractivity contribution in [1.29, 1.82) is 0 Å². The number of halogens is 5. The van der Waals surface area contributed by atoms with E-state index < -0.39 is 21.9 Å². The van der Waals surface area contributed by atoms with Crippen LogP contribution in [-0.4, -0.2) is 23.1 Å². The van der Waals surface area contributed by atoms with Gasteiger partial charge in [-0.1, -0.05) is 43.1 Å². The summed E-state index contributed by atoms with van der Waals surface area (Å²) in [5.74, 6) is -0.456. The first-order valence-corrected chi connectivity index (χ1v) is 7.09. The Morgan fingerprint density at radius 1 is 1.10 bits per heavy atom. The fourth-order valence-electron chi connectivity index (χ4n) is 1.67. The molecule has 0 saturated carbocycles. The third-order valence-electron chi connectivity index (χ3n) is 3.23. The number of alkyl halides is 5. The predicted molar refractivity (Wildman–Crippen MR) is 73.9 cm³/mol. The van der Waals surface area contributed by atoms with Crippen molar-refractivity contribution in [1.82, 2.24) is 0 Å². The highest BCUT2D eigenvalue weighted by molar-refractivity contribution is 6.50. The van der Waals surface area contributed by atoms with Crippen LogP contribution in [0.25, 0.3) is 0 Å². The van der Waals surface area contributed by atoms with E-state index in [0.717, 1.165) is 0 Å². The molecule has 0 aliphatic heterocycles. The number of esters is 1. The van der Waals surface area contributed by atoms with Gasteiger partial charge in [-0.15, -0.1) is 0 Å². The van der Waals surface area contributed by atoms with Crippen LogP contribution in [0.2, 0.25) is 0 Å². The van der Waals surface area contributed by atoms with Crippen molar-refractivity contribution in [3.8, 4) is 0 Å². The fraction of sp³-hybridized carbons (Fsp3) is 0.769. The summed E-state index contributed by atoms with van der Waals surface area (Å²) in [4.78, 5) is 11.6. The van der Waals surface area contributed by atoms with Crippen LogP contribution in [0.15, 0.2) is 12.2 Å². The van der Waals surface area contributed by atoms with Crippen LogP contribution in [0.4, 0.5) is 13.2 Å². The zero-order chi connectivity index (χ0) is 16.0. The van der Waals surface area contributed by atoms with E-state index in [1.165, 1.54) is 6.08 Å². The van der Waals surface area contributed by atoms with Crippen LogP contribution >= 0.6 is 23.2 Å². The Kier molecular flexibility index (Phi) is 7.39. The lowest BCUT2D eigenvalue weighted by atomic mass is 9.78. The van der Waals surface area contributed by atoms with Gasteiger partial charge < -0.3 is 4.74 Å². The van der Waals surface area contributed by atoms with Crippen LogP contribution in [-0.2, 0) is 9.53 Å². The lowest BCUT2D eigenvalue weighted by Crippen LogP contribution is -2.33. The van der Waals surface area contributed by atoms with Crippen molar-refractivity contribution < 1.29 is 22.7 Å². The molecule has 0 atom stereocenters. The Morgan fingerprint density at radius 2 is 1.60 bits per heavy atom. The predicted octanol–water partition coefficient (Wildman–Crippen LogP) is 5.04. The molecule has 0 aromatic heterocycles. The van der Waals surface area contributed by atoms with Gasteiger partial charge >= 0.3 is 12.1 Å². The third kappa shape index (κ3) is 5.52. The molecule has 0 unspecified atom stereocenters. The summed E-state index contributed by atoms with van der Waals surface area (Å²) >= 11 is 10.5. The van der Waals surface area contributed by atoms with Crippen molar-refractivity contribution in [2.75, 3.05) is 6.61 Å². The van der Waals surface area contributed by atoms with Gasteiger partial charge in [-0.2, -0.15) is 13.2 Å². The first kappa shape index (κ1) is 19.6. The summed E-state index contributed by atoms with van der Waals surface area (Å²) in [6, 6.07) is 0. The maximum absolute atomic E-state index is 12.6. The first-order valence-electron chi connectivity index (χ1n) is 6.34. The van der Waals surface area contributed by atoms with Crippen LogP contribution in [0.5, 0.6) is 0 Å². The van der Waals surface area contributed by atoms with Crippen molar-refractivity contribution in [3.05, 3.63) is 12.2 Å². The number of carbonyl (C=O) groups excluding carboxylic acids is 1. The highest BCUT2D eigenvalue weighted by atomic mass is 35.5. The van der Waals surface area contributed by atoms with Gasteiger partial charge in [0, 0.05) is 0 Å². The smallest absolute Gasteiger partial charge is 0.425 e. The van der Waals surface area contributed by atoms with Gasteiger partial charge in [0.15, 0.2) is 0 Å². The van der Waals surface area contributed by atoms with E-state index in [9.17, 15) is 18.0 Å². The van der Waals surface area contributed by atoms with Gasteiger partial charge in [0.1, 0.15) is 0 Å². The molecular weight excluding hydrogens is 316 g/mol. The number of allylic oxidation sites excluding steroid dienone is 2. The van der Waals surface area contributed by atoms with Gasteiger partial charge in [0.25, 0.3) is 0 Å². The molecule has 0 rings (SSSR count). The topological polar surface area (TPSA) is 26.3 Å². The summed E-state index contributed by atoms with van der Waals surface area (Å²) in [6.45, 7) is 5.46. The van der Waals surface area contributed by atoms with Crippen molar-refractivity contribution >= 4 is 29.2 Å². The minimum absolute atomic E-state index is 0.00788. The molecule has 0 aliphatic rings. The van der Waals surface area contributed by atoms with Crippen molar-refractivity contribution in [2.24, 2.45) is 5.41 Å². The number of carbonyl (C=O) groups is 1. The van der Waals surface area contributed by atoms with Crippen LogP contribution in [0.3, 0.4) is 0 Å². The minimum atomic E-state index is -4.77. The van der Waals surface area contributed by atoms with Gasteiger partial charge in [-0.05, 0) is 31.3 Å². The van der Waals surface area contributed by atoms with E-state index in [1.54, 1.807) is 20.8 Å². The number of hydrogen-bond donors (Lipinski definition) is 0. The number of rotatable bonds is 7. The Bertz CT molecular complexity index is 348. The molecule has 0 aromatic carbocycles. The Labute approximate surface area is 127 Å². The molecule has 0 heterocycles. The maximum atomic E-state index is 12.6. The summed E-state index contributed by atoms with van der Waals surface area (Å²) in [6.07, 6.45) is -1.86. The highest BCUT2D eigenvalue weighted by Crippen LogP contribution is 2.43. The van der Waals surface area contributed by atoms with Gasteiger partial charge in [0.05, 0.1) is 13.0 Å². The minimum Gasteiger partial charge on any atom is -0.466 e. The Balaban J connectivity index is 5.15. The lowest BCUT2D eigenvalue weighted by molar-refractivity contribution is -0.145. The van der Waals surface area contributed by atoms with E-state index in [-0.39, 0.29) is 13.0 Å². The molecule has 0 aromatic rings.